The Morgan fingerprint density at radius 1 is 1.32 bits per heavy atom. The number of aliphatic hydroxyl groups is 1. The van der Waals surface area contributed by atoms with Crippen molar-refractivity contribution < 1.29 is 18.3 Å². The Balaban J connectivity index is 2.02. The molecular formula is C13H14F3NOS. The first-order valence-electron chi connectivity index (χ1n) is 5.84. The second-order valence-electron chi connectivity index (χ2n) is 4.37. The van der Waals surface area contributed by atoms with Gasteiger partial charge in [-0.05, 0) is 24.4 Å². The molecule has 0 aliphatic rings. The third kappa shape index (κ3) is 3.46. The van der Waals surface area contributed by atoms with Gasteiger partial charge in [0.15, 0.2) is 6.10 Å². The summed E-state index contributed by atoms with van der Waals surface area (Å²) in [6.07, 6.45) is -6.91. The lowest BCUT2D eigenvalue weighted by Gasteiger charge is -2.18. The fraction of sp³-hybridized carbons (Fsp3) is 0.385. The summed E-state index contributed by atoms with van der Waals surface area (Å²) in [6.45, 7) is 1.28. The minimum absolute atomic E-state index is 0.227. The lowest BCUT2D eigenvalue weighted by Crippen LogP contribution is -2.39. The predicted molar refractivity (Wildman–Crippen MR) is 70.3 cm³/mol. The number of thiophene rings is 1. The molecule has 0 spiro atoms. The minimum atomic E-state index is -4.58. The van der Waals surface area contributed by atoms with Crippen molar-refractivity contribution in [2.24, 2.45) is 0 Å². The Labute approximate surface area is 112 Å². The normalized spacial score (nSPS) is 15.6. The van der Waals surface area contributed by atoms with Crippen molar-refractivity contribution >= 4 is 21.4 Å². The fourth-order valence-corrected chi connectivity index (χ4v) is 2.81. The summed E-state index contributed by atoms with van der Waals surface area (Å²) in [6, 6.07) is 9.51. The molecule has 2 aromatic rings. The molecular weight excluding hydrogens is 275 g/mol. The van der Waals surface area contributed by atoms with Crippen LogP contribution in [0, 0.1) is 0 Å². The van der Waals surface area contributed by atoms with Gasteiger partial charge in [0, 0.05) is 22.2 Å². The first-order valence-corrected chi connectivity index (χ1v) is 6.66. The van der Waals surface area contributed by atoms with Crippen LogP contribution in [-0.4, -0.2) is 23.9 Å². The molecule has 0 radical (unpaired) electrons. The van der Waals surface area contributed by atoms with Crippen LogP contribution in [-0.2, 0) is 0 Å². The Kier molecular flexibility index (Phi) is 4.13. The van der Waals surface area contributed by atoms with Crippen LogP contribution >= 0.6 is 11.3 Å². The maximum Gasteiger partial charge on any atom is 0.415 e. The van der Waals surface area contributed by atoms with Gasteiger partial charge >= 0.3 is 6.18 Å². The van der Waals surface area contributed by atoms with E-state index in [1.54, 1.807) is 6.92 Å². The molecule has 0 saturated heterocycles. The van der Waals surface area contributed by atoms with Gasteiger partial charge in [-0.2, -0.15) is 13.2 Å². The van der Waals surface area contributed by atoms with Crippen LogP contribution in [0.3, 0.4) is 0 Å². The summed E-state index contributed by atoms with van der Waals surface area (Å²) in [4.78, 5) is 0.954. The number of hydrogen-bond donors (Lipinski definition) is 2. The SMILES string of the molecule is CC(NCC(O)C(F)(F)F)c1cc2ccccc2s1. The van der Waals surface area contributed by atoms with Crippen molar-refractivity contribution in [1.29, 1.82) is 0 Å². The third-order valence-corrected chi connectivity index (χ3v) is 4.17. The molecule has 1 heterocycles. The number of benzene rings is 1. The Morgan fingerprint density at radius 3 is 2.63 bits per heavy atom. The summed E-state index contributed by atoms with van der Waals surface area (Å²) < 4.78 is 37.6. The van der Waals surface area contributed by atoms with Crippen molar-refractivity contribution in [2.45, 2.75) is 25.2 Å². The maximum atomic E-state index is 12.2. The van der Waals surface area contributed by atoms with Crippen LogP contribution in [0.25, 0.3) is 10.1 Å². The molecule has 0 amide bonds. The number of hydrogen-bond acceptors (Lipinski definition) is 3. The number of fused-ring (bicyclic) bond motifs is 1. The van der Waals surface area contributed by atoms with E-state index in [1.165, 1.54) is 11.3 Å². The standard InChI is InChI=1S/C13H14F3NOS/c1-8(17-7-12(18)13(14,15)16)11-6-9-4-2-3-5-10(9)19-11/h2-6,8,12,17-18H,7H2,1H3. The summed E-state index contributed by atoms with van der Waals surface area (Å²) in [7, 11) is 0. The van der Waals surface area contributed by atoms with Gasteiger partial charge in [-0.25, -0.2) is 0 Å². The Morgan fingerprint density at radius 2 is 2.00 bits per heavy atom. The molecule has 6 heteroatoms. The summed E-state index contributed by atoms with van der Waals surface area (Å²) in [5.41, 5.74) is 0. The molecule has 104 valence electrons. The van der Waals surface area contributed by atoms with Gasteiger partial charge in [-0.15, -0.1) is 11.3 Å². The molecule has 1 aromatic heterocycles. The van der Waals surface area contributed by atoms with Crippen LogP contribution in [0.15, 0.2) is 30.3 Å². The predicted octanol–water partition coefficient (Wildman–Crippen LogP) is 3.48. The first kappa shape index (κ1) is 14.3. The van der Waals surface area contributed by atoms with E-state index in [2.05, 4.69) is 5.32 Å². The molecule has 2 nitrogen and oxygen atoms in total. The zero-order valence-electron chi connectivity index (χ0n) is 10.2. The number of aliphatic hydroxyl groups excluding tert-OH is 1. The van der Waals surface area contributed by atoms with Crippen LogP contribution in [0.4, 0.5) is 13.2 Å². The summed E-state index contributed by atoms with van der Waals surface area (Å²) >= 11 is 1.54. The van der Waals surface area contributed by atoms with E-state index in [-0.39, 0.29) is 6.04 Å². The third-order valence-electron chi connectivity index (χ3n) is 2.87. The van der Waals surface area contributed by atoms with Gasteiger partial charge in [0.1, 0.15) is 0 Å². The summed E-state index contributed by atoms with van der Waals surface area (Å²) in [5, 5.41) is 12.7. The van der Waals surface area contributed by atoms with E-state index in [0.29, 0.717) is 0 Å². The van der Waals surface area contributed by atoms with Crippen molar-refractivity contribution in [3.8, 4) is 0 Å². The molecule has 0 aliphatic heterocycles. The molecule has 2 rings (SSSR count). The van der Waals surface area contributed by atoms with E-state index < -0.39 is 18.8 Å². The molecule has 2 atom stereocenters. The molecule has 2 N–H and O–H groups in total. The highest BCUT2D eigenvalue weighted by molar-refractivity contribution is 7.19. The van der Waals surface area contributed by atoms with Crippen LogP contribution in [0.1, 0.15) is 17.8 Å². The van der Waals surface area contributed by atoms with Gasteiger partial charge in [0.05, 0.1) is 0 Å². The van der Waals surface area contributed by atoms with Crippen molar-refractivity contribution in [3.05, 3.63) is 35.2 Å². The highest BCUT2D eigenvalue weighted by atomic mass is 32.1. The zero-order chi connectivity index (χ0) is 14.0. The second-order valence-corrected chi connectivity index (χ2v) is 5.49. The largest absolute Gasteiger partial charge is 0.415 e. The fourth-order valence-electron chi connectivity index (χ4n) is 1.72. The zero-order valence-corrected chi connectivity index (χ0v) is 11.1. The maximum absolute atomic E-state index is 12.2. The molecule has 19 heavy (non-hydrogen) atoms. The van der Waals surface area contributed by atoms with Crippen LogP contribution < -0.4 is 5.32 Å². The van der Waals surface area contributed by atoms with E-state index >= 15 is 0 Å². The summed E-state index contributed by atoms with van der Waals surface area (Å²) in [5.74, 6) is 0. The van der Waals surface area contributed by atoms with Gasteiger partial charge in [-0.3, -0.25) is 0 Å². The van der Waals surface area contributed by atoms with Crippen molar-refractivity contribution in [2.75, 3.05) is 6.54 Å². The van der Waals surface area contributed by atoms with Gasteiger partial charge < -0.3 is 10.4 Å². The van der Waals surface area contributed by atoms with E-state index in [4.69, 9.17) is 5.11 Å². The molecule has 0 aliphatic carbocycles. The monoisotopic (exact) mass is 289 g/mol. The lowest BCUT2D eigenvalue weighted by atomic mass is 10.2. The highest BCUT2D eigenvalue weighted by Gasteiger charge is 2.37. The smallest absolute Gasteiger partial charge is 0.382 e. The number of nitrogens with one attached hydrogen (secondary N) is 1. The van der Waals surface area contributed by atoms with Crippen LogP contribution in [0.5, 0.6) is 0 Å². The topological polar surface area (TPSA) is 32.3 Å². The minimum Gasteiger partial charge on any atom is -0.382 e. The van der Waals surface area contributed by atoms with Crippen molar-refractivity contribution in [3.63, 3.8) is 0 Å². The molecule has 0 saturated carbocycles. The van der Waals surface area contributed by atoms with Crippen molar-refractivity contribution in [1.82, 2.24) is 5.32 Å². The Hall–Kier alpha value is -1.11. The van der Waals surface area contributed by atoms with Gasteiger partial charge in [-0.1, -0.05) is 18.2 Å². The second kappa shape index (κ2) is 5.48. The number of rotatable bonds is 4. The molecule has 1 aromatic carbocycles. The van der Waals surface area contributed by atoms with Gasteiger partial charge in [0.2, 0.25) is 0 Å². The Bertz CT molecular complexity index is 519. The average Bonchev–Trinajstić information content (AvgIpc) is 2.78. The molecule has 0 bridgehead atoms. The van der Waals surface area contributed by atoms with E-state index in [1.807, 2.05) is 30.3 Å². The highest BCUT2D eigenvalue weighted by Crippen LogP contribution is 2.29. The average molecular weight is 289 g/mol. The molecule has 0 fully saturated rings. The molecule has 2 unspecified atom stereocenters. The first-order chi connectivity index (χ1) is 8.88. The number of halogens is 3. The lowest BCUT2D eigenvalue weighted by molar-refractivity contribution is -0.202. The van der Waals surface area contributed by atoms with E-state index in [9.17, 15) is 13.2 Å². The van der Waals surface area contributed by atoms with Crippen LogP contribution in [0.2, 0.25) is 0 Å². The number of alkyl halides is 3. The van der Waals surface area contributed by atoms with E-state index in [0.717, 1.165) is 15.0 Å². The van der Waals surface area contributed by atoms with Gasteiger partial charge in [0.25, 0.3) is 0 Å². The quantitative estimate of drug-likeness (QED) is 0.903.